The van der Waals surface area contributed by atoms with E-state index in [-0.39, 0.29) is 34.0 Å². The molecule has 0 radical (unpaired) electrons. The van der Waals surface area contributed by atoms with Crippen molar-refractivity contribution < 1.29 is 9.18 Å². The van der Waals surface area contributed by atoms with Crippen LogP contribution in [0.15, 0.2) is 41.3 Å². The van der Waals surface area contributed by atoms with E-state index in [0.29, 0.717) is 17.9 Å². The van der Waals surface area contributed by atoms with E-state index in [2.05, 4.69) is 25.5 Å². The van der Waals surface area contributed by atoms with Crippen LogP contribution in [0, 0.1) is 18.2 Å². The Balaban J connectivity index is 1.81. The first kappa shape index (κ1) is 20.5. The number of aryl methyl sites for hydroxylation is 1. The summed E-state index contributed by atoms with van der Waals surface area (Å²) in [7, 11) is 0. The first-order valence-corrected chi connectivity index (χ1v) is 9.72. The van der Waals surface area contributed by atoms with Crippen LogP contribution in [0.5, 0.6) is 0 Å². The Labute approximate surface area is 176 Å². The van der Waals surface area contributed by atoms with Crippen LogP contribution in [0.3, 0.4) is 0 Å². The summed E-state index contributed by atoms with van der Waals surface area (Å²) in [6, 6.07) is 7.76. The van der Waals surface area contributed by atoms with Gasteiger partial charge >= 0.3 is 0 Å². The fraction of sp³-hybridized carbons (Fsp3) is 0.286. The number of H-pyrrole nitrogens is 1. The van der Waals surface area contributed by atoms with Gasteiger partial charge in [-0.1, -0.05) is 32.9 Å². The molecule has 0 aliphatic carbocycles. The number of carbonyl (C=O) groups excluding carboxylic acids is 1. The molecule has 4 aromatic rings. The number of fused-ring (bicyclic) bond motifs is 1. The maximum atomic E-state index is 14.3. The Bertz CT molecular complexity index is 1340. The molecule has 3 aromatic heterocycles. The molecular weight excluding hydrogens is 401 g/mol. The monoisotopic (exact) mass is 423 g/mol. The molecule has 1 aromatic carbocycles. The highest BCUT2D eigenvalue weighted by Gasteiger charge is 2.20. The van der Waals surface area contributed by atoms with Crippen LogP contribution < -0.4 is 10.9 Å². The minimum absolute atomic E-state index is 0.0785. The molecule has 160 valence electrons. The topological polar surface area (TPSA) is 110 Å². The summed E-state index contributed by atoms with van der Waals surface area (Å²) in [5.74, 6) is -0.240. The summed E-state index contributed by atoms with van der Waals surface area (Å²) >= 11 is 0. The number of aromatic nitrogens is 6. The Morgan fingerprint density at radius 1 is 1.23 bits per heavy atom. The highest BCUT2D eigenvalue weighted by atomic mass is 19.1. The highest BCUT2D eigenvalue weighted by molar-refractivity contribution is 5.90. The number of hydrogen-bond acceptors (Lipinski definition) is 5. The lowest BCUT2D eigenvalue weighted by Crippen LogP contribution is -2.22. The van der Waals surface area contributed by atoms with Crippen molar-refractivity contribution in [2.45, 2.75) is 34.1 Å². The van der Waals surface area contributed by atoms with E-state index in [1.165, 1.54) is 21.6 Å². The molecule has 0 spiro atoms. The SMILES string of the molecule is Cc1cc(NC(=O)CC(C)(C)C)n(-c2nc3c(cnn3-c3ccccc3F)c(=O)[nH]2)n1. The first-order valence-electron chi connectivity index (χ1n) is 9.72. The molecule has 0 saturated carbocycles. The summed E-state index contributed by atoms with van der Waals surface area (Å²) in [6.45, 7) is 7.65. The van der Waals surface area contributed by atoms with Crippen molar-refractivity contribution in [3.8, 4) is 11.6 Å². The molecule has 4 rings (SSSR count). The van der Waals surface area contributed by atoms with E-state index in [4.69, 9.17) is 0 Å². The van der Waals surface area contributed by atoms with Gasteiger partial charge in [-0.15, -0.1) is 0 Å². The number of hydrogen-bond donors (Lipinski definition) is 2. The number of nitrogens with one attached hydrogen (secondary N) is 2. The second kappa shape index (κ2) is 7.46. The van der Waals surface area contributed by atoms with Gasteiger partial charge in [0.25, 0.3) is 5.56 Å². The van der Waals surface area contributed by atoms with Gasteiger partial charge in [0.05, 0.1) is 11.9 Å². The summed E-state index contributed by atoms with van der Waals surface area (Å²) < 4.78 is 16.9. The molecule has 0 atom stereocenters. The maximum Gasteiger partial charge on any atom is 0.263 e. The highest BCUT2D eigenvalue weighted by Crippen LogP contribution is 2.22. The molecule has 0 fully saturated rings. The van der Waals surface area contributed by atoms with Crippen molar-refractivity contribution >= 4 is 22.8 Å². The largest absolute Gasteiger partial charge is 0.310 e. The van der Waals surface area contributed by atoms with Crippen molar-refractivity contribution in [1.29, 1.82) is 0 Å². The van der Waals surface area contributed by atoms with Gasteiger partial charge in [-0.05, 0) is 24.5 Å². The summed E-state index contributed by atoms with van der Waals surface area (Å²) in [5, 5.41) is 11.5. The molecule has 0 saturated heterocycles. The Kier molecular flexibility index (Phi) is 4.92. The van der Waals surface area contributed by atoms with Crippen LogP contribution in [0.4, 0.5) is 10.2 Å². The van der Waals surface area contributed by atoms with Gasteiger partial charge in [0.1, 0.15) is 22.7 Å². The van der Waals surface area contributed by atoms with Crippen molar-refractivity contribution in [2.75, 3.05) is 5.32 Å². The molecule has 0 bridgehead atoms. The third-order valence-electron chi connectivity index (χ3n) is 4.50. The van der Waals surface area contributed by atoms with Crippen molar-refractivity contribution in [1.82, 2.24) is 29.5 Å². The molecule has 0 aliphatic heterocycles. The third kappa shape index (κ3) is 4.09. The summed E-state index contributed by atoms with van der Waals surface area (Å²) in [5.41, 5.74) is 0.307. The molecule has 0 aliphatic rings. The number of nitrogens with zero attached hydrogens (tertiary/aromatic N) is 5. The quantitative estimate of drug-likeness (QED) is 0.524. The number of anilines is 1. The molecule has 3 heterocycles. The van der Waals surface area contributed by atoms with Gasteiger partial charge in [-0.25, -0.2) is 9.07 Å². The van der Waals surface area contributed by atoms with Crippen LogP contribution in [-0.4, -0.2) is 35.4 Å². The molecule has 10 heteroatoms. The van der Waals surface area contributed by atoms with Gasteiger partial charge < -0.3 is 5.32 Å². The Morgan fingerprint density at radius 2 is 1.97 bits per heavy atom. The lowest BCUT2D eigenvalue weighted by molar-refractivity contribution is -0.117. The van der Waals surface area contributed by atoms with Crippen molar-refractivity contribution in [2.24, 2.45) is 5.41 Å². The van der Waals surface area contributed by atoms with Crippen molar-refractivity contribution in [3.05, 3.63) is 58.4 Å². The number of halogens is 1. The maximum absolute atomic E-state index is 14.3. The Hall–Kier alpha value is -3.82. The molecule has 1 amide bonds. The van der Waals surface area contributed by atoms with Crippen LogP contribution in [-0.2, 0) is 4.79 Å². The van der Waals surface area contributed by atoms with Crippen LogP contribution >= 0.6 is 0 Å². The molecule has 31 heavy (non-hydrogen) atoms. The second-order valence-corrected chi connectivity index (χ2v) is 8.50. The van der Waals surface area contributed by atoms with Gasteiger partial charge in [0.2, 0.25) is 11.9 Å². The second-order valence-electron chi connectivity index (χ2n) is 8.50. The smallest absolute Gasteiger partial charge is 0.263 e. The van der Waals surface area contributed by atoms with Crippen LogP contribution in [0.2, 0.25) is 0 Å². The fourth-order valence-corrected chi connectivity index (χ4v) is 3.23. The van der Waals surface area contributed by atoms with Crippen LogP contribution in [0.1, 0.15) is 32.9 Å². The van der Waals surface area contributed by atoms with Crippen molar-refractivity contribution in [3.63, 3.8) is 0 Å². The lowest BCUT2D eigenvalue weighted by atomic mass is 9.92. The predicted octanol–water partition coefficient (Wildman–Crippen LogP) is 3.12. The zero-order chi connectivity index (χ0) is 22.3. The van der Waals surface area contributed by atoms with E-state index in [0.717, 1.165) is 0 Å². The number of amides is 1. The molecule has 9 nitrogen and oxygen atoms in total. The summed E-state index contributed by atoms with van der Waals surface area (Å²) in [4.78, 5) is 32.2. The third-order valence-corrected chi connectivity index (χ3v) is 4.50. The van der Waals surface area contributed by atoms with Crippen LogP contribution in [0.25, 0.3) is 22.7 Å². The molecule has 2 N–H and O–H groups in total. The molecular formula is C21H22FN7O2. The number of benzene rings is 1. The first-order chi connectivity index (χ1) is 14.6. The van der Waals surface area contributed by atoms with E-state index in [1.807, 2.05) is 20.8 Å². The van der Waals surface area contributed by atoms with Gasteiger partial charge in [-0.2, -0.15) is 19.9 Å². The van der Waals surface area contributed by atoms with E-state index >= 15 is 0 Å². The zero-order valence-corrected chi connectivity index (χ0v) is 17.6. The minimum Gasteiger partial charge on any atom is -0.310 e. The normalized spacial score (nSPS) is 11.8. The lowest BCUT2D eigenvalue weighted by Gasteiger charge is -2.17. The van der Waals surface area contributed by atoms with Gasteiger partial charge in [-0.3, -0.25) is 14.6 Å². The number of rotatable bonds is 4. The van der Waals surface area contributed by atoms with E-state index in [1.54, 1.807) is 31.2 Å². The number of carbonyl (C=O) groups is 1. The van der Waals surface area contributed by atoms with Gasteiger partial charge in [0, 0.05) is 12.5 Å². The van der Waals surface area contributed by atoms with E-state index in [9.17, 15) is 14.0 Å². The van der Waals surface area contributed by atoms with E-state index < -0.39 is 11.4 Å². The predicted molar refractivity (Wildman–Crippen MR) is 114 cm³/mol. The average molecular weight is 423 g/mol. The average Bonchev–Trinajstić information content (AvgIpc) is 3.24. The number of para-hydroxylation sites is 1. The summed E-state index contributed by atoms with van der Waals surface area (Å²) in [6.07, 6.45) is 1.64. The minimum atomic E-state index is -0.499. The zero-order valence-electron chi connectivity index (χ0n) is 17.6. The number of aromatic amines is 1. The Morgan fingerprint density at radius 3 is 2.68 bits per heavy atom. The standard InChI is InChI=1S/C21H22FN7O2/c1-12-9-16(24-17(30)10-21(2,3)4)29(27-12)20-25-18-13(19(31)26-20)11-23-28(18)15-8-6-5-7-14(15)22/h5-9,11H,10H2,1-4H3,(H,24,30)(H,25,26,31). The van der Waals surface area contributed by atoms with Gasteiger partial charge in [0.15, 0.2) is 5.65 Å². The molecule has 0 unspecified atom stereocenters. The fourth-order valence-electron chi connectivity index (χ4n) is 3.23.